The number of carbonyl (C=O) groups excluding carboxylic acids is 2. The summed E-state index contributed by atoms with van der Waals surface area (Å²) in [4.78, 5) is 35.4. The highest BCUT2D eigenvalue weighted by Gasteiger charge is 2.34. The molecule has 1 saturated carbocycles. The van der Waals surface area contributed by atoms with Crippen molar-refractivity contribution in [1.29, 1.82) is 0 Å². The molecule has 2 saturated heterocycles. The maximum atomic E-state index is 12.9. The summed E-state index contributed by atoms with van der Waals surface area (Å²) in [5, 5.41) is 0.821. The van der Waals surface area contributed by atoms with Gasteiger partial charge in [-0.05, 0) is 69.9 Å². The largest absolute Gasteiger partial charge is 0.444 e. The van der Waals surface area contributed by atoms with Gasteiger partial charge < -0.3 is 26.0 Å². The van der Waals surface area contributed by atoms with E-state index in [1.807, 2.05) is 20.8 Å². The number of pyridine rings is 1. The van der Waals surface area contributed by atoms with Crippen LogP contribution in [0.4, 0.5) is 16.3 Å². The van der Waals surface area contributed by atoms with Crippen LogP contribution in [0.25, 0.3) is 10.2 Å². The highest BCUT2D eigenvalue weighted by molar-refractivity contribution is 7.21. The first-order valence-corrected chi connectivity index (χ1v) is 14.2. The molecule has 4 N–H and O–H groups in total. The molecule has 2 amide bonds. The van der Waals surface area contributed by atoms with Crippen LogP contribution in [0, 0.1) is 11.8 Å². The van der Waals surface area contributed by atoms with Gasteiger partial charge in [-0.3, -0.25) is 4.79 Å². The number of amides is 2. The Morgan fingerprint density at radius 3 is 2.53 bits per heavy atom. The van der Waals surface area contributed by atoms with E-state index in [9.17, 15) is 9.59 Å². The maximum absolute atomic E-state index is 12.9. The molecule has 3 aliphatic rings. The number of hydrogen-bond acceptors (Lipinski definition) is 7. The van der Waals surface area contributed by atoms with Crippen molar-refractivity contribution in [3.05, 3.63) is 16.5 Å². The number of likely N-dealkylation sites (tertiary alicyclic amines) is 1. The summed E-state index contributed by atoms with van der Waals surface area (Å²) in [7, 11) is 0. The average Bonchev–Trinajstić information content (AvgIpc) is 3.19. The minimum atomic E-state index is -0.541. The highest BCUT2D eigenvalue weighted by Crippen LogP contribution is 2.43. The Labute approximate surface area is 217 Å². The summed E-state index contributed by atoms with van der Waals surface area (Å²) in [5.41, 5.74) is 13.1. The molecule has 0 radical (unpaired) electrons. The number of ether oxygens (including phenoxy) is 1. The van der Waals surface area contributed by atoms with E-state index < -0.39 is 11.5 Å². The molecule has 5 rings (SSSR count). The first-order valence-electron chi connectivity index (χ1n) is 13.4. The van der Waals surface area contributed by atoms with Crippen LogP contribution >= 0.6 is 11.3 Å². The maximum Gasteiger partial charge on any atom is 0.410 e. The van der Waals surface area contributed by atoms with E-state index in [2.05, 4.69) is 11.0 Å². The summed E-state index contributed by atoms with van der Waals surface area (Å²) in [6, 6.07) is 2.17. The molecule has 3 fully saturated rings. The molecule has 4 heterocycles. The lowest BCUT2D eigenvalue weighted by atomic mass is 9.75. The van der Waals surface area contributed by atoms with Gasteiger partial charge in [0.15, 0.2) is 0 Å². The van der Waals surface area contributed by atoms with E-state index in [0.29, 0.717) is 23.7 Å². The van der Waals surface area contributed by atoms with Crippen molar-refractivity contribution >= 4 is 45.1 Å². The number of carbonyl (C=O) groups is 2. The molecule has 2 aromatic heterocycles. The Kier molecular flexibility index (Phi) is 6.78. The number of nitrogens with zero attached hydrogens (tertiary/aromatic N) is 3. The fraction of sp³-hybridized carbons (Fsp3) is 0.667. The highest BCUT2D eigenvalue weighted by atomic mass is 32.1. The lowest BCUT2D eigenvalue weighted by molar-refractivity contribution is 0.0198. The van der Waals surface area contributed by atoms with Gasteiger partial charge in [0.1, 0.15) is 21.1 Å². The molecule has 0 bridgehead atoms. The van der Waals surface area contributed by atoms with Gasteiger partial charge in [-0.25, -0.2) is 9.78 Å². The van der Waals surface area contributed by atoms with Gasteiger partial charge in [-0.2, -0.15) is 0 Å². The number of hydrogen-bond donors (Lipinski definition) is 2. The summed E-state index contributed by atoms with van der Waals surface area (Å²) < 4.78 is 5.66. The number of nitrogen functional groups attached to an aromatic ring is 1. The minimum Gasteiger partial charge on any atom is -0.444 e. The van der Waals surface area contributed by atoms with Crippen LogP contribution < -0.4 is 16.4 Å². The number of anilines is 2. The summed E-state index contributed by atoms with van der Waals surface area (Å²) in [5.74, 6) is 2.07. The lowest BCUT2D eigenvalue weighted by Gasteiger charge is -2.42. The van der Waals surface area contributed by atoms with Crippen LogP contribution in [-0.4, -0.2) is 53.7 Å². The fourth-order valence-electron chi connectivity index (χ4n) is 6.34. The van der Waals surface area contributed by atoms with Crippen molar-refractivity contribution in [3.63, 3.8) is 0 Å². The van der Waals surface area contributed by atoms with E-state index in [-0.39, 0.29) is 12.0 Å². The van der Waals surface area contributed by atoms with Crippen molar-refractivity contribution in [2.75, 3.05) is 36.8 Å². The van der Waals surface area contributed by atoms with Gasteiger partial charge in [0.2, 0.25) is 0 Å². The second kappa shape index (κ2) is 9.72. The number of primary amides is 1. The van der Waals surface area contributed by atoms with Crippen LogP contribution in [-0.2, 0) is 4.74 Å². The Morgan fingerprint density at radius 2 is 1.81 bits per heavy atom. The Bertz CT molecular complexity index is 1160. The number of piperidine rings is 2. The Morgan fingerprint density at radius 1 is 1.06 bits per heavy atom. The second-order valence-corrected chi connectivity index (χ2v) is 12.8. The topological polar surface area (TPSA) is 115 Å². The predicted octanol–water partition coefficient (Wildman–Crippen LogP) is 5.11. The van der Waals surface area contributed by atoms with Crippen LogP contribution in [0.5, 0.6) is 0 Å². The zero-order valence-corrected chi connectivity index (χ0v) is 22.5. The monoisotopic (exact) mass is 513 g/mol. The van der Waals surface area contributed by atoms with Crippen LogP contribution in [0.3, 0.4) is 0 Å². The van der Waals surface area contributed by atoms with E-state index >= 15 is 0 Å². The number of rotatable bonds is 3. The standard InChI is InChI=1S/C27H39N5O3S/c1-27(2,3)35-26(34)32-11-6-9-18(15-32)19-13-20(30-25-21(19)22(28)23(36-25)24(29)33)31-12-10-16-7-4-5-8-17(16)14-31/h13,16-18H,4-12,14-15,28H2,1-3H3,(H2,29,33). The molecule has 36 heavy (non-hydrogen) atoms. The average molecular weight is 514 g/mol. The van der Waals surface area contributed by atoms with Crippen molar-refractivity contribution in [1.82, 2.24) is 9.88 Å². The molecule has 3 unspecified atom stereocenters. The van der Waals surface area contributed by atoms with Crippen molar-refractivity contribution in [2.24, 2.45) is 17.6 Å². The van der Waals surface area contributed by atoms with E-state index in [4.69, 9.17) is 21.2 Å². The van der Waals surface area contributed by atoms with Gasteiger partial charge >= 0.3 is 6.09 Å². The molecule has 196 valence electrons. The molecule has 9 heteroatoms. The third-order valence-electron chi connectivity index (χ3n) is 8.07. The molecule has 2 aliphatic heterocycles. The Hall–Kier alpha value is -2.55. The first-order chi connectivity index (χ1) is 17.1. The predicted molar refractivity (Wildman–Crippen MR) is 145 cm³/mol. The Balaban J connectivity index is 1.50. The smallest absolute Gasteiger partial charge is 0.410 e. The summed E-state index contributed by atoms with van der Waals surface area (Å²) in [6.45, 7) is 8.92. The zero-order chi connectivity index (χ0) is 25.6. The molecule has 0 aromatic carbocycles. The van der Waals surface area contributed by atoms with Crippen molar-refractivity contribution < 1.29 is 14.3 Å². The van der Waals surface area contributed by atoms with Crippen molar-refractivity contribution in [3.8, 4) is 0 Å². The van der Waals surface area contributed by atoms with Crippen LogP contribution in [0.1, 0.15) is 86.9 Å². The molecule has 3 atom stereocenters. The quantitative estimate of drug-likeness (QED) is 0.589. The number of nitrogens with two attached hydrogens (primary N) is 2. The third kappa shape index (κ3) is 4.99. The normalized spacial score (nSPS) is 25.0. The van der Waals surface area contributed by atoms with Crippen LogP contribution in [0.2, 0.25) is 0 Å². The molecule has 8 nitrogen and oxygen atoms in total. The van der Waals surface area contributed by atoms with Gasteiger partial charge in [0.05, 0.1) is 5.69 Å². The van der Waals surface area contributed by atoms with Gasteiger partial charge in [-0.1, -0.05) is 19.3 Å². The van der Waals surface area contributed by atoms with E-state index in [1.165, 1.54) is 43.4 Å². The second-order valence-electron chi connectivity index (χ2n) is 11.8. The van der Waals surface area contributed by atoms with Gasteiger partial charge in [0, 0.05) is 37.5 Å². The lowest BCUT2D eigenvalue weighted by Crippen LogP contribution is -2.43. The SMILES string of the molecule is CC(C)(C)OC(=O)N1CCCC(c2cc(N3CCC4CCCCC4C3)nc3sc(C(N)=O)c(N)c23)C1. The molecule has 0 spiro atoms. The molecule has 2 aromatic rings. The summed E-state index contributed by atoms with van der Waals surface area (Å²) >= 11 is 1.28. The zero-order valence-electron chi connectivity index (χ0n) is 21.7. The third-order valence-corrected chi connectivity index (χ3v) is 9.18. The fourth-order valence-corrected chi connectivity index (χ4v) is 7.31. The minimum absolute atomic E-state index is 0.0837. The van der Waals surface area contributed by atoms with Crippen LogP contribution in [0.15, 0.2) is 6.07 Å². The van der Waals surface area contributed by atoms with Crippen molar-refractivity contribution in [2.45, 2.75) is 77.2 Å². The van der Waals surface area contributed by atoms with E-state index in [0.717, 1.165) is 59.4 Å². The summed E-state index contributed by atoms with van der Waals surface area (Å²) in [6.07, 6.45) is 8.05. The molecular formula is C27H39N5O3S. The number of aromatic nitrogens is 1. The number of thiophene rings is 1. The first kappa shape index (κ1) is 25.1. The van der Waals surface area contributed by atoms with Gasteiger partial charge in [-0.15, -0.1) is 11.3 Å². The van der Waals surface area contributed by atoms with E-state index in [1.54, 1.807) is 4.90 Å². The number of fused-ring (bicyclic) bond motifs is 2. The molecule has 1 aliphatic carbocycles. The van der Waals surface area contributed by atoms with Gasteiger partial charge in [0.25, 0.3) is 5.91 Å². The molecular weight excluding hydrogens is 474 g/mol.